The van der Waals surface area contributed by atoms with Gasteiger partial charge in [0.15, 0.2) is 0 Å². The largest absolute Gasteiger partial charge is 0.309 e. The van der Waals surface area contributed by atoms with Crippen molar-refractivity contribution in [1.82, 2.24) is 10.9 Å². The molecular formula is C11H11N3. The first-order valence-corrected chi connectivity index (χ1v) is 4.78. The highest BCUT2D eigenvalue weighted by Crippen LogP contribution is 2.25. The molecule has 2 N–H and O–H groups in total. The third-order valence-electron chi connectivity index (χ3n) is 2.58. The van der Waals surface area contributed by atoms with Crippen molar-refractivity contribution >= 4 is 17.6 Å². The van der Waals surface area contributed by atoms with E-state index >= 15 is 0 Å². The smallest absolute Gasteiger partial charge is 0.125 e. The molecule has 3 rings (SSSR count). The summed E-state index contributed by atoms with van der Waals surface area (Å²) in [4.78, 5) is 4.58. The Bertz CT molecular complexity index is 420. The normalized spacial score (nSPS) is 23.1. The highest BCUT2D eigenvalue weighted by Gasteiger charge is 2.21. The van der Waals surface area contributed by atoms with Crippen LogP contribution in [0.15, 0.2) is 35.3 Å². The monoisotopic (exact) mass is 185 g/mol. The van der Waals surface area contributed by atoms with Gasteiger partial charge in [-0.05, 0) is 11.6 Å². The van der Waals surface area contributed by atoms with Crippen molar-refractivity contribution in [2.24, 2.45) is 10.9 Å². The molecule has 2 heterocycles. The molecule has 0 aliphatic carbocycles. The molecule has 3 heteroatoms. The van der Waals surface area contributed by atoms with Gasteiger partial charge < -0.3 is 5.43 Å². The summed E-state index contributed by atoms with van der Waals surface area (Å²) in [6.45, 7) is 0.920. The topological polar surface area (TPSA) is 36.4 Å². The van der Waals surface area contributed by atoms with Gasteiger partial charge in [0.25, 0.3) is 0 Å². The molecule has 1 aromatic carbocycles. The molecule has 3 nitrogen and oxygen atoms in total. The Balaban J connectivity index is 2.15. The Kier molecular flexibility index (Phi) is 1.64. The fourth-order valence-corrected chi connectivity index (χ4v) is 1.79. The second-order valence-corrected chi connectivity index (χ2v) is 3.53. The van der Waals surface area contributed by atoms with E-state index in [1.165, 1.54) is 5.56 Å². The van der Waals surface area contributed by atoms with E-state index in [4.69, 9.17) is 0 Å². The van der Waals surface area contributed by atoms with E-state index in [0.29, 0.717) is 5.92 Å². The third kappa shape index (κ3) is 1.14. The molecule has 14 heavy (non-hydrogen) atoms. The van der Waals surface area contributed by atoms with Crippen LogP contribution in [0.5, 0.6) is 0 Å². The molecule has 0 bridgehead atoms. The summed E-state index contributed by atoms with van der Waals surface area (Å²) < 4.78 is 0. The van der Waals surface area contributed by atoms with E-state index in [1.54, 1.807) is 0 Å². The lowest BCUT2D eigenvalue weighted by molar-refractivity contribution is 0.712. The number of nitrogens with zero attached hydrogens (tertiary/aromatic N) is 1. The number of fused-ring (bicyclic) bond motifs is 2. The van der Waals surface area contributed by atoms with Gasteiger partial charge in [0.1, 0.15) is 5.84 Å². The Morgan fingerprint density at radius 1 is 1.29 bits per heavy atom. The summed E-state index contributed by atoms with van der Waals surface area (Å²) in [5.41, 5.74) is 8.41. The van der Waals surface area contributed by atoms with E-state index < -0.39 is 0 Å². The van der Waals surface area contributed by atoms with E-state index in [9.17, 15) is 0 Å². The first-order chi connectivity index (χ1) is 6.93. The second-order valence-electron chi connectivity index (χ2n) is 3.53. The average Bonchev–Trinajstić information content (AvgIpc) is 2.58. The Labute approximate surface area is 82.5 Å². The van der Waals surface area contributed by atoms with Gasteiger partial charge in [-0.3, -0.25) is 0 Å². The van der Waals surface area contributed by atoms with Crippen LogP contribution in [-0.4, -0.2) is 12.4 Å². The third-order valence-corrected chi connectivity index (χ3v) is 2.58. The minimum Gasteiger partial charge on any atom is -0.309 e. The molecule has 1 fully saturated rings. The number of aliphatic imine (C=N–C) groups is 1. The van der Waals surface area contributed by atoms with Crippen LogP contribution in [0.2, 0.25) is 0 Å². The molecule has 0 saturated carbocycles. The van der Waals surface area contributed by atoms with Gasteiger partial charge in [-0.25, -0.2) is 10.4 Å². The van der Waals surface area contributed by atoms with Gasteiger partial charge in [-0.1, -0.05) is 30.4 Å². The molecule has 1 aromatic rings. The van der Waals surface area contributed by atoms with Gasteiger partial charge in [-0.2, -0.15) is 0 Å². The zero-order valence-electron chi connectivity index (χ0n) is 7.70. The molecule has 2 aliphatic rings. The molecule has 0 amide bonds. The first-order valence-electron chi connectivity index (χ1n) is 4.78. The predicted octanol–water partition coefficient (Wildman–Crippen LogP) is 1.47. The lowest BCUT2D eigenvalue weighted by Gasteiger charge is -2.01. The number of nitrogens with one attached hydrogen (secondary N) is 2. The lowest BCUT2D eigenvalue weighted by Crippen LogP contribution is -2.26. The molecule has 0 aromatic heterocycles. The van der Waals surface area contributed by atoms with Crippen LogP contribution in [0.1, 0.15) is 5.56 Å². The Hall–Kier alpha value is -1.61. The minimum atomic E-state index is 0.391. The van der Waals surface area contributed by atoms with Gasteiger partial charge in [0.05, 0.1) is 11.6 Å². The van der Waals surface area contributed by atoms with Crippen molar-refractivity contribution < 1.29 is 0 Å². The Morgan fingerprint density at radius 2 is 2.21 bits per heavy atom. The van der Waals surface area contributed by atoms with Crippen molar-refractivity contribution in [3.8, 4) is 0 Å². The number of hydrogen-bond donors (Lipinski definition) is 2. The molecule has 0 radical (unpaired) electrons. The van der Waals surface area contributed by atoms with E-state index in [-0.39, 0.29) is 0 Å². The van der Waals surface area contributed by atoms with Gasteiger partial charge >= 0.3 is 0 Å². The van der Waals surface area contributed by atoms with Crippen molar-refractivity contribution in [3.63, 3.8) is 0 Å². The zero-order chi connectivity index (χ0) is 9.38. The summed E-state index contributed by atoms with van der Waals surface area (Å²) in [6, 6.07) is 8.18. The van der Waals surface area contributed by atoms with Crippen LogP contribution in [-0.2, 0) is 0 Å². The number of hydrazine groups is 1. The molecule has 1 atom stereocenters. The summed E-state index contributed by atoms with van der Waals surface area (Å²) >= 11 is 0. The first kappa shape index (κ1) is 7.76. The maximum atomic E-state index is 4.58. The Morgan fingerprint density at radius 3 is 3.21 bits per heavy atom. The number of amidine groups is 1. The van der Waals surface area contributed by atoms with Crippen molar-refractivity contribution in [2.45, 2.75) is 0 Å². The standard InChI is InChI=1S/C11H11N3/c1-2-4-10-8(3-1)5-6-9-7-12-14-11(9)13-10/h1-6,9,12H,7H2,(H,13,14). The number of benzene rings is 1. The number of hydrogen-bond acceptors (Lipinski definition) is 3. The molecule has 1 unspecified atom stereocenters. The molecule has 70 valence electrons. The van der Waals surface area contributed by atoms with E-state index in [0.717, 1.165) is 18.1 Å². The highest BCUT2D eigenvalue weighted by atomic mass is 15.4. The summed E-state index contributed by atoms with van der Waals surface area (Å²) in [6.07, 6.45) is 4.34. The predicted molar refractivity (Wildman–Crippen MR) is 57.2 cm³/mol. The van der Waals surface area contributed by atoms with Crippen LogP contribution in [0, 0.1) is 5.92 Å². The fourth-order valence-electron chi connectivity index (χ4n) is 1.79. The summed E-state index contributed by atoms with van der Waals surface area (Å²) in [7, 11) is 0. The SMILES string of the molecule is C1=CC2CNNC2=Nc2ccccc21. The van der Waals surface area contributed by atoms with Crippen molar-refractivity contribution in [1.29, 1.82) is 0 Å². The van der Waals surface area contributed by atoms with Crippen LogP contribution in [0.4, 0.5) is 5.69 Å². The summed E-state index contributed by atoms with van der Waals surface area (Å²) in [5, 5.41) is 0. The van der Waals surface area contributed by atoms with Gasteiger partial charge in [0.2, 0.25) is 0 Å². The lowest BCUT2D eigenvalue weighted by atomic mass is 10.1. The van der Waals surface area contributed by atoms with Crippen molar-refractivity contribution in [2.75, 3.05) is 6.54 Å². The molecule has 0 spiro atoms. The second kappa shape index (κ2) is 2.96. The van der Waals surface area contributed by atoms with Crippen molar-refractivity contribution in [3.05, 3.63) is 35.9 Å². The summed E-state index contributed by atoms with van der Waals surface area (Å²) in [5.74, 6) is 1.41. The van der Waals surface area contributed by atoms with Crippen LogP contribution >= 0.6 is 0 Å². The van der Waals surface area contributed by atoms with Crippen LogP contribution in [0.3, 0.4) is 0 Å². The minimum absolute atomic E-state index is 0.391. The van der Waals surface area contributed by atoms with Crippen LogP contribution in [0.25, 0.3) is 6.08 Å². The molecule has 1 saturated heterocycles. The molecular weight excluding hydrogens is 174 g/mol. The average molecular weight is 185 g/mol. The van der Waals surface area contributed by atoms with E-state index in [1.807, 2.05) is 18.2 Å². The number of para-hydroxylation sites is 1. The van der Waals surface area contributed by atoms with Gasteiger partial charge in [-0.15, -0.1) is 0 Å². The fraction of sp³-hybridized carbons (Fsp3) is 0.182. The maximum absolute atomic E-state index is 4.58. The number of rotatable bonds is 0. The highest BCUT2D eigenvalue weighted by molar-refractivity contribution is 5.93. The maximum Gasteiger partial charge on any atom is 0.125 e. The van der Waals surface area contributed by atoms with Crippen LogP contribution < -0.4 is 10.9 Å². The van der Waals surface area contributed by atoms with Gasteiger partial charge in [0, 0.05) is 6.54 Å². The molecule has 2 aliphatic heterocycles. The van der Waals surface area contributed by atoms with E-state index in [2.05, 4.69) is 34.1 Å². The quantitative estimate of drug-likeness (QED) is 0.642. The zero-order valence-corrected chi connectivity index (χ0v) is 7.70.